The number of imidazole rings is 1. The molecule has 2 fully saturated rings. The maximum atomic E-state index is 12.9. The quantitative estimate of drug-likeness (QED) is 0.770. The van der Waals surface area contributed by atoms with Gasteiger partial charge in [0.15, 0.2) is 0 Å². The van der Waals surface area contributed by atoms with Crippen molar-refractivity contribution in [2.45, 2.75) is 57.9 Å². The van der Waals surface area contributed by atoms with Gasteiger partial charge < -0.3 is 10.2 Å². The molecule has 3 heterocycles. The summed E-state index contributed by atoms with van der Waals surface area (Å²) in [7, 11) is 0. The van der Waals surface area contributed by atoms with Crippen molar-refractivity contribution in [3.8, 4) is 5.82 Å². The Labute approximate surface area is 183 Å². The molecule has 2 aromatic heterocycles. The molecule has 2 aromatic rings. The highest BCUT2D eigenvalue weighted by Gasteiger charge is 2.28. The largest absolute Gasteiger partial charge is 0.335 e. The van der Waals surface area contributed by atoms with Crippen molar-refractivity contribution in [3.63, 3.8) is 0 Å². The van der Waals surface area contributed by atoms with E-state index < -0.39 is 0 Å². The van der Waals surface area contributed by atoms with Crippen molar-refractivity contribution in [3.05, 3.63) is 36.5 Å². The van der Waals surface area contributed by atoms with Gasteiger partial charge in [-0.1, -0.05) is 26.2 Å². The molecule has 0 spiro atoms. The number of rotatable bonds is 6. The summed E-state index contributed by atoms with van der Waals surface area (Å²) in [6.07, 6.45) is 12.9. The number of carbonyl (C=O) groups is 2. The lowest BCUT2D eigenvalue weighted by Crippen LogP contribution is -2.52. The van der Waals surface area contributed by atoms with Crippen LogP contribution in [-0.2, 0) is 4.79 Å². The Balaban J connectivity index is 1.33. The summed E-state index contributed by atoms with van der Waals surface area (Å²) in [5.74, 6) is 0.615. The molecule has 1 saturated heterocycles. The van der Waals surface area contributed by atoms with Crippen LogP contribution in [0.3, 0.4) is 0 Å². The Bertz CT molecular complexity index is 880. The third-order valence-corrected chi connectivity index (χ3v) is 6.27. The Morgan fingerprint density at radius 2 is 1.84 bits per heavy atom. The Kier molecular flexibility index (Phi) is 6.96. The molecule has 31 heavy (non-hydrogen) atoms. The zero-order valence-electron chi connectivity index (χ0n) is 18.3. The molecule has 0 aromatic carbocycles. The highest BCUT2D eigenvalue weighted by atomic mass is 16.2. The number of hydrogen-bond donors (Lipinski definition) is 1. The molecule has 0 bridgehead atoms. The van der Waals surface area contributed by atoms with Gasteiger partial charge in [-0.3, -0.25) is 19.1 Å². The SMILES string of the molecule is CCCC(=O)Nc1ccc(-n2cnc(C(=O)N3CCN(C4CCCCC4)CC3)c2)nc1. The van der Waals surface area contributed by atoms with Gasteiger partial charge in [0, 0.05) is 44.8 Å². The lowest BCUT2D eigenvalue weighted by molar-refractivity contribution is -0.116. The second-order valence-electron chi connectivity index (χ2n) is 8.49. The second kappa shape index (κ2) is 10.0. The van der Waals surface area contributed by atoms with Crippen molar-refractivity contribution < 1.29 is 9.59 Å². The summed E-state index contributed by atoms with van der Waals surface area (Å²) in [5, 5.41) is 2.82. The Hall–Kier alpha value is -2.74. The van der Waals surface area contributed by atoms with Crippen LogP contribution in [-0.4, -0.2) is 68.4 Å². The summed E-state index contributed by atoms with van der Waals surface area (Å²) in [6, 6.07) is 4.31. The van der Waals surface area contributed by atoms with Crippen LogP contribution in [0.1, 0.15) is 62.4 Å². The molecule has 2 amide bonds. The normalized spacial score (nSPS) is 18.2. The molecule has 0 atom stereocenters. The van der Waals surface area contributed by atoms with Crippen LogP contribution >= 0.6 is 0 Å². The molecule has 1 saturated carbocycles. The highest BCUT2D eigenvalue weighted by molar-refractivity contribution is 5.92. The highest BCUT2D eigenvalue weighted by Crippen LogP contribution is 2.23. The fourth-order valence-electron chi connectivity index (χ4n) is 4.52. The van der Waals surface area contributed by atoms with Crippen LogP contribution in [0.25, 0.3) is 5.82 Å². The molecule has 8 heteroatoms. The molecule has 0 radical (unpaired) electrons. The number of pyridine rings is 1. The third kappa shape index (κ3) is 5.31. The molecule has 4 rings (SSSR count). The number of nitrogens with one attached hydrogen (secondary N) is 1. The molecule has 2 aliphatic rings. The topological polar surface area (TPSA) is 83.4 Å². The zero-order valence-corrected chi connectivity index (χ0v) is 18.3. The standard InChI is InChI=1S/C23H32N6O2/c1-2-6-22(30)26-18-9-10-21(24-15-18)29-16-20(25-17-29)23(31)28-13-11-27(12-14-28)19-7-4-3-5-8-19/h9-10,15-17,19H,2-8,11-14H2,1H3,(H,26,30). The minimum absolute atomic E-state index is 0.0175. The number of nitrogens with zero attached hydrogens (tertiary/aromatic N) is 5. The number of carbonyl (C=O) groups excluding carboxylic acids is 2. The second-order valence-corrected chi connectivity index (χ2v) is 8.49. The molecule has 1 aliphatic heterocycles. The average Bonchev–Trinajstić information content (AvgIpc) is 3.30. The van der Waals surface area contributed by atoms with E-state index in [-0.39, 0.29) is 11.8 Å². The first-order valence-corrected chi connectivity index (χ1v) is 11.5. The van der Waals surface area contributed by atoms with Crippen molar-refractivity contribution in [1.82, 2.24) is 24.3 Å². The van der Waals surface area contributed by atoms with E-state index in [1.54, 1.807) is 29.4 Å². The third-order valence-electron chi connectivity index (χ3n) is 6.27. The molecule has 1 aliphatic carbocycles. The fraction of sp³-hybridized carbons (Fsp3) is 0.565. The predicted octanol–water partition coefficient (Wildman–Crippen LogP) is 3.10. The summed E-state index contributed by atoms with van der Waals surface area (Å²) in [6.45, 7) is 5.38. The van der Waals surface area contributed by atoms with Crippen molar-refractivity contribution in [1.29, 1.82) is 0 Å². The van der Waals surface area contributed by atoms with E-state index in [2.05, 4.69) is 20.2 Å². The number of anilines is 1. The van der Waals surface area contributed by atoms with E-state index >= 15 is 0 Å². The van der Waals surface area contributed by atoms with Gasteiger partial charge in [0.25, 0.3) is 5.91 Å². The molecule has 0 unspecified atom stereocenters. The number of piperazine rings is 1. The van der Waals surface area contributed by atoms with Gasteiger partial charge >= 0.3 is 0 Å². The summed E-state index contributed by atoms with van der Waals surface area (Å²) >= 11 is 0. The first-order chi connectivity index (χ1) is 15.1. The van der Waals surface area contributed by atoms with Gasteiger partial charge in [-0.05, 0) is 31.4 Å². The lowest BCUT2D eigenvalue weighted by Gasteiger charge is -2.40. The van der Waals surface area contributed by atoms with Crippen LogP contribution < -0.4 is 5.32 Å². The average molecular weight is 425 g/mol. The van der Waals surface area contributed by atoms with E-state index in [0.717, 1.165) is 32.6 Å². The number of hydrogen-bond acceptors (Lipinski definition) is 5. The lowest BCUT2D eigenvalue weighted by atomic mass is 9.94. The molecule has 8 nitrogen and oxygen atoms in total. The summed E-state index contributed by atoms with van der Waals surface area (Å²) in [4.78, 5) is 37.8. The van der Waals surface area contributed by atoms with Gasteiger partial charge in [0.2, 0.25) is 5.91 Å². The van der Waals surface area contributed by atoms with Gasteiger partial charge in [0.05, 0.1) is 11.9 Å². The number of aromatic nitrogens is 3. The van der Waals surface area contributed by atoms with E-state index in [1.165, 1.54) is 32.1 Å². The van der Waals surface area contributed by atoms with Crippen LogP contribution in [0.4, 0.5) is 5.69 Å². The van der Waals surface area contributed by atoms with Crippen LogP contribution in [0.15, 0.2) is 30.9 Å². The van der Waals surface area contributed by atoms with Gasteiger partial charge in [-0.25, -0.2) is 9.97 Å². The molecular formula is C23H32N6O2. The van der Waals surface area contributed by atoms with E-state index in [0.29, 0.717) is 29.7 Å². The first kappa shape index (κ1) is 21.5. The first-order valence-electron chi connectivity index (χ1n) is 11.5. The smallest absolute Gasteiger partial charge is 0.274 e. The molecule has 1 N–H and O–H groups in total. The van der Waals surface area contributed by atoms with Crippen LogP contribution in [0.2, 0.25) is 0 Å². The van der Waals surface area contributed by atoms with E-state index in [9.17, 15) is 9.59 Å². The molecule has 166 valence electrons. The fourth-order valence-corrected chi connectivity index (χ4v) is 4.52. The summed E-state index contributed by atoms with van der Waals surface area (Å²) < 4.78 is 1.74. The maximum absolute atomic E-state index is 12.9. The van der Waals surface area contributed by atoms with Crippen molar-refractivity contribution >= 4 is 17.5 Å². The zero-order chi connectivity index (χ0) is 21.6. The molecular weight excluding hydrogens is 392 g/mol. The van der Waals surface area contributed by atoms with Crippen molar-refractivity contribution in [2.75, 3.05) is 31.5 Å². The predicted molar refractivity (Wildman–Crippen MR) is 119 cm³/mol. The number of amides is 2. The van der Waals surface area contributed by atoms with Gasteiger partial charge in [-0.15, -0.1) is 0 Å². The minimum atomic E-state index is -0.0227. The Morgan fingerprint density at radius 3 is 2.52 bits per heavy atom. The maximum Gasteiger partial charge on any atom is 0.274 e. The van der Waals surface area contributed by atoms with Gasteiger partial charge in [-0.2, -0.15) is 0 Å². The van der Waals surface area contributed by atoms with Crippen molar-refractivity contribution in [2.24, 2.45) is 0 Å². The van der Waals surface area contributed by atoms with E-state index in [1.807, 2.05) is 17.9 Å². The Morgan fingerprint density at radius 1 is 1.06 bits per heavy atom. The van der Waals surface area contributed by atoms with Crippen LogP contribution in [0.5, 0.6) is 0 Å². The van der Waals surface area contributed by atoms with E-state index in [4.69, 9.17) is 0 Å². The minimum Gasteiger partial charge on any atom is -0.335 e. The van der Waals surface area contributed by atoms with Gasteiger partial charge in [0.1, 0.15) is 17.8 Å². The summed E-state index contributed by atoms with van der Waals surface area (Å²) in [5.41, 5.74) is 1.10. The monoisotopic (exact) mass is 424 g/mol. The van der Waals surface area contributed by atoms with Crippen LogP contribution in [0, 0.1) is 0 Å².